The molecule has 102 valence electrons. The van der Waals surface area contributed by atoms with Gasteiger partial charge in [0.05, 0.1) is 16.7 Å². The van der Waals surface area contributed by atoms with Crippen LogP contribution in [0.25, 0.3) is 0 Å². The minimum Gasteiger partial charge on any atom is -0.477 e. The second-order valence-corrected chi connectivity index (χ2v) is 4.95. The van der Waals surface area contributed by atoms with E-state index < -0.39 is 28.0 Å². The molecule has 1 aromatic rings. The summed E-state index contributed by atoms with van der Waals surface area (Å²) in [5.74, 6) is -2.27. The third kappa shape index (κ3) is 2.49. The van der Waals surface area contributed by atoms with Crippen LogP contribution < -0.4 is 5.32 Å². The van der Waals surface area contributed by atoms with Crippen molar-refractivity contribution in [2.45, 2.75) is 31.7 Å². The maximum Gasteiger partial charge on any atom is 0.342 e. The van der Waals surface area contributed by atoms with E-state index in [1.165, 1.54) is 0 Å². The SMILES string of the molecule is CC1(Nc2cc(C(=O)O)c([N+](=O)[O-])cc2F)CCC1. The van der Waals surface area contributed by atoms with Crippen molar-refractivity contribution in [3.05, 3.63) is 33.6 Å². The summed E-state index contributed by atoms with van der Waals surface area (Å²) >= 11 is 0. The highest BCUT2D eigenvalue weighted by Gasteiger charge is 2.33. The number of halogens is 1. The second-order valence-electron chi connectivity index (χ2n) is 4.95. The summed E-state index contributed by atoms with van der Waals surface area (Å²) in [6.45, 7) is 1.90. The van der Waals surface area contributed by atoms with Crippen LogP contribution in [0.5, 0.6) is 0 Å². The van der Waals surface area contributed by atoms with Crippen LogP contribution in [0.3, 0.4) is 0 Å². The molecule has 19 heavy (non-hydrogen) atoms. The van der Waals surface area contributed by atoms with Crippen molar-refractivity contribution >= 4 is 17.3 Å². The smallest absolute Gasteiger partial charge is 0.342 e. The van der Waals surface area contributed by atoms with Gasteiger partial charge in [-0.25, -0.2) is 9.18 Å². The van der Waals surface area contributed by atoms with Crippen molar-refractivity contribution in [2.24, 2.45) is 0 Å². The molecule has 1 saturated carbocycles. The van der Waals surface area contributed by atoms with Crippen molar-refractivity contribution in [3.63, 3.8) is 0 Å². The average molecular weight is 268 g/mol. The lowest BCUT2D eigenvalue weighted by Crippen LogP contribution is -2.41. The molecule has 0 saturated heterocycles. The van der Waals surface area contributed by atoms with Crippen molar-refractivity contribution < 1.29 is 19.2 Å². The number of carboxylic acid groups (broad SMARTS) is 1. The van der Waals surface area contributed by atoms with Gasteiger partial charge in [-0.2, -0.15) is 0 Å². The monoisotopic (exact) mass is 268 g/mol. The molecule has 0 aliphatic heterocycles. The predicted molar refractivity (Wildman–Crippen MR) is 65.9 cm³/mol. The minimum absolute atomic E-state index is 0.00907. The van der Waals surface area contributed by atoms with E-state index in [2.05, 4.69) is 5.32 Å². The molecule has 0 heterocycles. The average Bonchev–Trinajstić information content (AvgIpc) is 2.28. The van der Waals surface area contributed by atoms with Crippen molar-refractivity contribution in [1.29, 1.82) is 0 Å². The topological polar surface area (TPSA) is 92.5 Å². The lowest BCUT2D eigenvalue weighted by Gasteiger charge is -2.40. The summed E-state index contributed by atoms with van der Waals surface area (Å²) in [5.41, 5.74) is -1.54. The van der Waals surface area contributed by atoms with E-state index in [-0.39, 0.29) is 11.2 Å². The molecule has 0 radical (unpaired) electrons. The van der Waals surface area contributed by atoms with Crippen LogP contribution in [0.1, 0.15) is 36.5 Å². The molecule has 1 aliphatic rings. The Labute approximate surface area is 108 Å². The number of nitro groups is 1. The van der Waals surface area contributed by atoms with E-state index in [9.17, 15) is 19.3 Å². The van der Waals surface area contributed by atoms with Gasteiger partial charge < -0.3 is 10.4 Å². The van der Waals surface area contributed by atoms with Gasteiger partial charge in [-0.3, -0.25) is 10.1 Å². The predicted octanol–water partition coefficient (Wildman–Crippen LogP) is 2.79. The number of carbonyl (C=O) groups is 1. The van der Waals surface area contributed by atoms with E-state index in [0.717, 1.165) is 25.3 Å². The second kappa shape index (κ2) is 4.49. The van der Waals surface area contributed by atoms with Crippen LogP contribution in [0.2, 0.25) is 0 Å². The van der Waals surface area contributed by atoms with Gasteiger partial charge in [0.15, 0.2) is 5.82 Å². The molecule has 0 aromatic heterocycles. The summed E-state index contributed by atoms with van der Waals surface area (Å²) in [5, 5.41) is 22.6. The number of hydrogen-bond acceptors (Lipinski definition) is 4. The summed E-state index contributed by atoms with van der Waals surface area (Å²) in [6.07, 6.45) is 2.72. The molecule has 2 N–H and O–H groups in total. The number of aromatic carboxylic acids is 1. The normalized spacial score (nSPS) is 16.5. The first kappa shape index (κ1) is 13.3. The maximum absolute atomic E-state index is 13.8. The fourth-order valence-corrected chi connectivity index (χ4v) is 2.14. The van der Waals surface area contributed by atoms with Crippen molar-refractivity contribution in [1.82, 2.24) is 0 Å². The van der Waals surface area contributed by atoms with Gasteiger partial charge in [0.25, 0.3) is 5.69 Å². The Kier molecular flexibility index (Phi) is 3.13. The van der Waals surface area contributed by atoms with Gasteiger partial charge in [-0.05, 0) is 32.3 Å². The fraction of sp³-hybridized carbons (Fsp3) is 0.417. The van der Waals surface area contributed by atoms with Gasteiger partial charge >= 0.3 is 5.97 Å². The Morgan fingerprint density at radius 1 is 1.53 bits per heavy atom. The van der Waals surface area contributed by atoms with Gasteiger partial charge in [-0.1, -0.05) is 0 Å². The zero-order valence-corrected chi connectivity index (χ0v) is 10.3. The van der Waals surface area contributed by atoms with E-state index in [1.54, 1.807) is 0 Å². The van der Waals surface area contributed by atoms with Crippen LogP contribution in [-0.4, -0.2) is 21.5 Å². The number of anilines is 1. The molecule has 1 aromatic carbocycles. The molecular formula is C12H13FN2O4. The number of rotatable bonds is 4. The molecule has 0 atom stereocenters. The van der Waals surface area contributed by atoms with Crippen LogP contribution in [-0.2, 0) is 0 Å². The third-order valence-electron chi connectivity index (χ3n) is 3.41. The quantitative estimate of drug-likeness (QED) is 0.647. The van der Waals surface area contributed by atoms with Crippen LogP contribution >= 0.6 is 0 Å². The number of nitrogens with zero attached hydrogens (tertiary/aromatic N) is 1. The zero-order valence-electron chi connectivity index (χ0n) is 10.3. The van der Waals surface area contributed by atoms with E-state index in [1.807, 2.05) is 6.92 Å². The summed E-state index contributed by atoms with van der Waals surface area (Å²) < 4.78 is 13.8. The van der Waals surface area contributed by atoms with E-state index in [0.29, 0.717) is 6.07 Å². The van der Waals surface area contributed by atoms with Crippen LogP contribution in [0.15, 0.2) is 12.1 Å². The number of hydrogen-bond donors (Lipinski definition) is 2. The highest BCUT2D eigenvalue weighted by Crippen LogP contribution is 2.36. The molecule has 1 aliphatic carbocycles. The summed E-state index contributed by atoms with van der Waals surface area (Å²) in [6, 6.07) is 1.63. The summed E-state index contributed by atoms with van der Waals surface area (Å²) in [7, 11) is 0. The van der Waals surface area contributed by atoms with Crippen molar-refractivity contribution in [3.8, 4) is 0 Å². The molecule has 0 amide bonds. The fourth-order valence-electron chi connectivity index (χ4n) is 2.14. The van der Waals surface area contributed by atoms with E-state index >= 15 is 0 Å². The maximum atomic E-state index is 13.8. The minimum atomic E-state index is -1.45. The zero-order chi connectivity index (χ0) is 14.2. The Morgan fingerprint density at radius 3 is 2.58 bits per heavy atom. The first-order valence-electron chi connectivity index (χ1n) is 5.82. The molecule has 1 fully saturated rings. The number of benzene rings is 1. The largest absolute Gasteiger partial charge is 0.477 e. The first-order chi connectivity index (χ1) is 8.82. The van der Waals surface area contributed by atoms with Gasteiger partial charge in [-0.15, -0.1) is 0 Å². The van der Waals surface area contributed by atoms with Crippen molar-refractivity contribution in [2.75, 3.05) is 5.32 Å². The van der Waals surface area contributed by atoms with Crippen LogP contribution in [0.4, 0.5) is 15.8 Å². The third-order valence-corrected chi connectivity index (χ3v) is 3.41. The summed E-state index contributed by atoms with van der Waals surface area (Å²) in [4.78, 5) is 20.8. The Hall–Kier alpha value is -2.18. The van der Waals surface area contributed by atoms with Gasteiger partial charge in [0.2, 0.25) is 0 Å². The van der Waals surface area contributed by atoms with Gasteiger partial charge in [0.1, 0.15) is 5.56 Å². The Morgan fingerprint density at radius 2 is 2.16 bits per heavy atom. The Bertz CT molecular complexity index is 555. The van der Waals surface area contributed by atoms with Gasteiger partial charge in [0, 0.05) is 5.54 Å². The molecule has 0 spiro atoms. The first-order valence-corrected chi connectivity index (χ1v) is 5.82. The lowest BCUT2D eigenvalue weighted by atomic mass is 9.78. The van der Waals surface area contributed by atoms with Crippen LogP contribution in [0, 0.1) is 15.9 Å². The number of nitrogens with one attached hydrogen (secondary N) is 1. The number of nitro benzene ring substituents is 1. The molecule has 7 heteroatoms. The lowest BCUT2D eigenvalue weighted by molar-refractivity contribution is -0.385. The molecular weight excluding hydrogens is 255 g/mol. The number of carboxylic acids is 1. The van der Waals surface area contributed by atoms with E-state index in [4.69, 9.17) is 5.11 Å². The highest BCUT2D eigenvalue weighted by molar-refractivity contribution is 5.93. The Balaban J connectivity index is 2.42. The molecule has 6 nitrogen and oxygen atoms in total. The highest BCUT2D eigenvalue weighted by atomic mass is 19.1. The molecule has 0 unspecified atom stereocenters. The molecule has 0 bridgehead atoms. The molecule has 2 rings (SSSR count). The standard InChI is InChI=1S/C12H13FN2O4/c1-12(3-2-4-12)14-9-5-7(11(16)17)10(15(18)19)6-8(9)13/h5-6,14H,2-4H2,1H3,(H,16,17).